The molecule has 1 aromatic heterocycles. The van der Waals surface area contributed by atoms with Crippen LogP contribution in [0.2, 0.25) is 0 Å². The third-order valence-corrected chi connectivity index (χ3v) is 3.77. The van der Waals surface area contributed by atoms with Crippen molar-refractivity contribution in [2.24, 2.45) is 11.1 Å². The van der Waals surface area contributed by atoms with Gasteiger partial charge in [-0.3, -0.25) is 4.57 Å². The van der Waals surface area contributed by atoms with Crippen LogP contribution >= 0.6 is 0 Å². The topological polar surface area (TPSA) is 100 Å². The first-order valence-corrected chi connectivity index (χ1v) is 6.94. The first kappa shape index (κ1) is 12.5. The summed E-state index contributed by atoms with van der Waals surface area (Å²) >= 11 is 0. The molecule has 1 fully saturated rings. The van der Waals surface area contributed by atoms with Gasteiger partial charge in [0.05, 0.1) is 6.61 Å². The molecule has 0 radical (unpaired) electrons. The van der Waals surface area contributed by atoms with Gasteiger partial charge in [0.2, 0.25) is 0 Å². The highest BCUT2D eigenvalue weighted by Gasteiger charge is 2.39. The fourth-order valence-electron chi connectivity index (χ4n) is 1.86. The maximum absolute atomic E-state index is 11.4. The summed E-state index contributed by atoms with van der Waals surface area (Å²) in [4.78, 5) is 0. The van der Waals surface area contributed by atoms with E-state index in [2.05, 4.69) is 17.1 Å². The van der Waals surface area contributed by atoms with E-state index in [4.69, 9.17) is 9.88 Å². The van der Waals surface area contributed by atoms with E-state index < -0.39 is 10.0 Å². The summed E-state index contributed by atoms with van der Waals surface area (Å²) in [5.74, 6) is 1.50. The molecule has 0 aliphatic heterocycles. The second-order valence-corrected chi connectivity index (χ2v) is 5.80. The second-order valence-electron chi connectivity index (χ2n) is 4.35. The molecular weight excluding hydrogens is 244 g/mol. The monoisotopic (exact) mass is 260 g/mol. The van der Waals surface area contributed by atoms with Crippen molar-refractivity contribution in [3.05, 3.63) is 5.82 Å². The Morgan fingerprint density at radius 1 is 1.53 bits per heavy atom. The van der Waals surface area contributed by atoms with Crippen LogP contribution in [-0.4, -0.2) is 36.9 Å². The highest BCUT2D eigenvalue weighted by Crippen LogP contribution is 2.46. The summed E-state index contributed by atoms with van der Waals surface area (Å²) in [6, 6.07) is 0. The number of hydrogen-bond donors (Lipinski definition) is 1. The lowest BCUT2D eigenvalue weighted by molar-refractivity contribution is 0.183. The first-order valence-electron chi connectivity index (χ1n) is 5.40. The Kier molecular flexibility index (Phi) is 3.19. The number of rotatable bonds is 5. The van der Waals surface area contributed by atoms with Crippen molar-refractivity contribution >= 4 is 10.0 Å². The lowest BCUT2D eigenvalue weighted by Crippen LogP contribution is -2.20. The van der Waals surface area contributed by atoms with Gasteiger partial charge in [-0.05, 0) is 12.3 Å². The van der Waals surface area contributed by atoms with Crippen LogP contribution in [0.4, 0.5) is 0 Å². The Hall–Kier alpha value is -0.990. The first-order chi connectivity index (χ1) is 7.95. The number of primary sulfonamides is 1. The molecule has 0 amide bonds. The SMILES string of the molecule is COCCn1c(C2CC2C)nnc1S(N)(=O)=O. The van der Waals surface area contributed by atoms with Gasteiger partial charge in [-0.1, -0.05) is 6.92 Å². The average Bonchev–Trinajstić information content (AvgIpc) is 2.78. The Labute approximate surface area is 100 Å². The summed E-state index contributed by atoms with van der Waals surface area (Å²) in [5.41, 5.74) is 0. The number of methoxy groups -OCH3 is 1. The van der Waals surface area contributed by atoms with Crippen molar-refractivity contribution in [1.29, 1.82) is 0 Å². The molecule has 1 aromatic rings. The van der Waals surface area contributed by atoms with E-state index in [9.17, 15) is 8.42 Å². The van der Waals surface area contributed by atoms with Gasteiger partial charge in [-0.2, -0.15) is 0 Å². The highest BCUT2D eigenvalue weighted by molar-refractivity contribution is 7.89. The third-order valence-electron chi connectivity index (χ3n) is 2.96. The van der Waals surface area contributed by atoms with Crippen molar-refractivity contribution in [3.8, 4) is 0 Å². The molecular formula is C9H16N4O3S. The van der Waals surface area contributed by atoms with Crippen molar-refractivity contribution in [2.75, 3.05) is 13.7 Å². The van der Waals surface area contributed by atoms with E-state index in [1.807, 2.05) is 0 Å². The van der Waals surface area contributed by atoms with Gasteiger partial charge in [0, 0.05) is 19.6 Å². The van der Waals surface area contributed by atoms with Crippen LogP contribution in [0.1, 0.15) is 25.1 Å². The number of nitrogens with zero attached hydrogens (tertiary/aromatic N) is 3. The van der Waals surface area contributed by atoms with E-state index in [1.165, 1.54) is 0 Å². The normalized spacial score (nSPS) is 23.9. The predicted molar refractivity (Wildman–Crippen MR) is 59.8 cm³/mol. The van der Waals surface area contributed by atoms with E-state index >= 15 is 0 Å². The molecule has 8 heteroatoms. The highest BCUT2D eigenvalue weighted by atomic mass is 32.2. The van der Waals surface area contributed by atoms with Crippen molar-refractivity contribution in [2.45, 2.75) is 31.0 Å². The van der Waals surface area contributed by atoms with Crippen molar-refractivity contribution in [3.63, 3.8) is 0 Å². The zero-order valence-electron chi connectivity index (χ0n) is 9.83. The molecule has 1 aliphatic carbocycles. The van der Waals surface area contributed by atoms with Crippen LogP contribution in [0.25, 0.3) is 0 Å². The minimum absolute atomic E-state index is 0.177. The van der Waals surface area contributed by atoms with Crippen molar-refractivity contribution in [1.82, 2.24) is 14.8 Å². The Balaban J connectivity index is 2.37. The summed E-state index contributed by atoms with van der Waals surface area (Å²) in [5, 5.41) is 12.6. The van der Waals surface area contributed by atoms with Gasteiger partial charge in [0.1, 0.15) is 5.82 Å². The van der Waals surface area contributed by atoms with Gasteiger partial charge in [0.15, 0.2) is 0 Å². The van der Waals surface area contributed by atoms with Gasteiger partial charge >= 0.3 is 0 Å². The predicted octanol–water partition coefficient (Wildman–Crippen LogP) is -0.305. The number of aromatic nitrogens is 3. The van der Waals surface area contributed by atoms with Crippen LogP contribution in [-0.2, 0) is 21.3 Å². The minimum atomic E-state index is -3.83. The van der Waals surface area contributed by atoms with Gasteiger partial charge in [-0.25, -0.2) is 13.6 Å². The maximum Gasteiger partial charge on any atom is 0.273 e. The largest absolute Gasteiger partial charge is 0.383 e. The van der Waals surface area contributed by atoms with Gasteiger partial charge in [0.25, 0.3) is 15.2 Å². The molecule has 7 nitrogen and oxygen atoms in total. The summed E-state index contributed by atoms with van der Waals surface area (Å²) < 4.78 is 29.2. The second kappa shape index (κ2) is 4.35. The van der Waals surface area contributed by atoms with Crippen LogP contribution in [0, 0.1) is 5.92 Å². The molecule has 2 atom stereocenters. The van der Waals surface area contributed by atoms with Crippen LogP contribution < -0.4 is 5.14 Å². The van der Waals surface area contributed by atoms with Crippen LogP contribution in [0.3, 0.4) is 0 Å². The summed E-state index contributed by atoms with van der Waals surface area (Å²) in [6.45, 7) is 2.89. The molecule has 0 bridgehead atoms. The number of sulfonamides is 1. The zero-order chi connectivity index (χ0) is 12.6. The molecule has 0 aromatic carbocycles. The van der Waals surface area contributed by atoms with Crippen LogP contribution in [0.5, 0.6) is 0 Å². The van der Waals surface area contributed by atoms with Gasteiger partial charge < -0.3 is 4.74 Å². The van der Waals surface area contributed by atoms with E-state index in [1.54, 1.807) is 11.7 Å². The fourth-order valence-corrected chi connectivity index (χ4v) is 2.51. The summed E-state index contributed by atoms with van der Waals surface area (Å²) in [6.07, 6.45) is 1.01. The van der Waals surface area contributed by atoms with Crippen LogP contribution in [0.15, 0.2) is 5.16 Å². The molecule has 17 heavy (non-hydrogen) atoms. The van der Waals surface area contributed by atoms with Crippen molar-refractivity contribution < 1.29 is 13.2 Å². The Morgan fingerprint density at radius 2 is 2.18 bits per heavy atom. The molecule has 1 heterocycles. The molecule has 96 valence electrons. The zero-order valence-corrected chi connectivity index (χ0v) is 10.6. The number of nitrogens with two attached hydrogens (primary N) is 1. The Morgan fingerprint density at radius 3 is 2.65 bits per heavy atom. The standard InChI is InChI=1S/C9H16N4O3S/c1-6-5-7(6)8-11-12-9(17(10,14)15)13(8)3-4-16-2/h6-7H,3-5H2,1-2H3,(H2,10,14,15). The number of ether oxygens (including phenoxy) is 1. The molecule has 2 N–H and O–H groups in total. The molecule has 0 saturated heterocycles. The van der Waals surface area contributed by atoms with E-state index in [-0.39, 0.29) is 11.1 Å². The molecule has 2 unspecified atom stereocenters. The van der Waals surface area contributed by atoms with E-state index in [0.717, 1.165) is 6.42 Å². The Bertz CT molecular complexity index is 510. The molecule has 0 spiro atoms. The molecule has 2 rings (SSSR count). The number of hydrogen-bond acceptors (Lipinski definition) is 5. The average molecular weight is 260 g/mol. The quantitative estimate of drug-likeness (QED) is 0.783. The fraction of sp³-hybridized carbons (Fsp3) is 0.778. The maximum atomic E-state index is 11.4. The van der Waals surface area contributed by atoms with Gasteiger partial charge in [-0.15, -0.1) is 10.2 Å². The lowest BCUT2D eigenvalue weighted by atomic mass is 10.3. The lowest BCUT2D eigenvalue weighted by Gasteiger charge is -2.07. The summed E-state index contributed by atoms with van der Waals surface area (Å²) in [7, 11) is -2.28. The smallest absolute Gasteiger partial charge is 0.273 e. The minimum Gasteiger partial charge on any atom is -0.383 e. The third kappa shape index (κ3) is 2.48. The van der Waals surface area contributed by atoms with E-state index in [0.29, 0.717) is 24.9 Å². The molecule has 1 saturated carbocycles. The molecule has 1 aliphatic rings.